The lowest BCUT2D eigenvalue weighted by Gasteiger charge is -2.11. The lowest BCUT2D eigenvalue weighted by atomic mass is 10.1. The van der Waals surface area contributed by atoms with E-state index in [4.69, 9.17) is 0 Å². The third-order valence-corrected chi connectivity index (χ3v) is 5.17. The van der Waals surface area contributed by atoms with E-state index in [1.165, 1.54) is 20.0 Å². The van der Waals surface area contributed by atoms with Crippen LogP contribution in [0.15, 0.2) is 36.5 Å². The molecule has 2 rings (SSSR count). The number of carbonyl (C=O) groups excluding carboxylic acids is 1. The molecule has 0 saturated heterocycles. The summed E-state index contributed by atoms with van der Waals surface area (Å²) in [5.41, 5.74) is 1.83. The topological polar surface area (TPSA) is 81.1 Å². The van der Waals surface area contributed by atoms with Crippen molar-refractivity contribution in [1.29, 1.82) is 0 Å². The maximum absolute atomic E-state index is 12.4. The van der Waals surface area contributed by atoms with Gasteiger partial charge in [0.2, 0.25) is 10.0 Å². The predicted octanol–water partition coefficient (Wildman–Crippen LogP) is 2.29. The molecule has 0 aliphatic heterocycles. The Morgan fingerprint density at radius 2 is 1.91 bits per heavy atom. The van der Waals surface area contributed by atoms with Crippen molar-refractivity contribution in [1.82, 2.24) is 14.5 Å². The monoisotopic (exact) mass is 335 g/mol. The van der Waals surface area contributed by atoms with Crippen molar-refractivity contribution in [2.75, 3.05) is 0 Å². The quantitative estimate of drug-likeness (QED) is 0.878. The fourth-order valence-electron chi connectivity index (χ4n) is 2.13. The second-order valence-electron chi connectivity index (χ2n) is 5.53. The van der Waals surface area contributed by atoms with Crippen LogP contribution in [-0.2, 0) is 16.4 Å². The lowest BCUT2D eigenvalue weighted by Crippen LogP contribution is -2.36. The summed E-state index contributed by atoms with van der Waals surface area (Å²) in [5.74, 6) is -0.635. The van der Waals surface area contributed by atoms with Gasteiger partial charge in [-0.15, -0.1) is 0 Å². The molecule has 0 fully saturated rings. The summed E-state index contributed by atoms with van der Waals surface area (Å²) in [7, 11) is -3.67. The molecular formula is C16H21N3O3S. The summed E-state index contributed by atoms with van der Waals surface area (Å²) < 4.78 is 27.6. The third-order valence-electron chi connectivity index (χ3n) is 3.46. The van der Waals surface area contributed by atoms with Gasteiger partial charge in [-0.2, -0.15) is 5.10 Å². The second-order valence-corrected chi connectivity index (χ2v) is 7.76. The molecule has 6 nitrogen and oxygen atoms in total. The van der Waals surface area contributed by atoms with Crippen molar-refractivity contribution < 1.29 is 13.2 Å². The van der Waals surface area contributed by atoms with E-state index in [0.717, 1.165) is 12.1 Å². The molecule has 1 N–H and O–H groups in total. The third kappa shape index (κ3) is 3.79. The Kier molecular flexibility index (Phi) is 5.20. The van der Waals surface area contributed by atoms with Gasteiger partial charge in [0.25, 0.3) is 5.91 Å². The first-order chi connectivity index (χ1) is 10.9. The second kappa shape index (κ2) is 6.95. The Hall–Kier alpha value is -2.15. The van der Waals surface area contributed by atoms with Crippen molar-refractivity contribution in [3.8, 4) is 5.69 Å². The number of nitrogens with zero attached hydrogens (tertiary/aromatic N) is 2. The molecule has 0 unspecified atom stereocenters. The zero-order valence-corrected chi connectivity index (χ0v) is 14.3. The predicted molar refractivity (Wildman–Crippen MR) is 89.1 cm³/mol. The molecule has 124 valence electrons. The first-order valence-electron chi connectivity index (χ1n) is 7.55. The van der Waals surface area contributed by atoms with Gasteiger partial charge in [-0.05, 0) is 32.4 Å². The van der Waals surface area contributed by atoms with Crippen LogP contribution >= 0.6 is 0 Å². The molecule has 0 spiro atoms. The highest BCUT2D eigenvalue weighted by Crippen LogP contribution is 2.17. The van der Waals surface area contributed by atoms with Crippen LogP contribution in [0.3, 0.4) is 0 Å². The van der Waals surface area contributed by atoms with E-state index in [1.54, 1.807) is 4.68 Å². The molecule has 0 atom stereocenters. The van der Waals surface area contributed by atoms with E-state index in [1.807, 2.05) is 37.3 Å². The first kappa shape index (κ1) is 17.2. The smallest absolute Gasteiger partial charge is 0.268 e. The van der Waals surface area contributed by atoms with E-state index >= 15 is 0 Å². The minimum atomic E-state index is -3.67. The molecule has 0 aliphatic rings. The van der Waals surface area contributed by atoms with Gasteiger partial charge in [-0.1, -0.05) is 31.5 Å². The summed E-state index contributed by atoms with van der Waals surface area (Å²) in [5, 5.41) is 3.59. The zero-order valence-electron chi connectivity index (χ0n) is 13.5. The van der Waals surface area contributed by atoms with Crippen molar-refractivity contribution in [2.24, 2.45) is 0 Å². The summed E-state index contributed by atoms with van der Waals surface area (Å²) in [6.45, 7) is 5.04. The highest BCUT2D eigenvalue weighted by Gasteiger charge is 2.24. The lowest BCUT2D eigenvalue weighted by molar-refractivity contribution is 0.0980. The highest BCUT2D eigenvalue weighted by molar-refractivity contribution is 7.90. The van der Waals surface area contributed by atoms with E-state index < -0.39 is 21.2 Å². The number of nitrogens with one attached hydrogen (secondary N) is 1. The van der Waals surface area contributed by atoms with Gasteiger partial charge < -0.3 is 0 Å². The molecule has 0 radical (unpaired) electrons. The maximum Gasteiger partial charge on any atom is 0.268 e. The molecule has 1 amide bonds. The van der Waals surface area contributed by atoms with Crippen molar-refractivity contribution in [3.63, 3.8) is 0 Å². The molecular weight excluding hydrogens is 314 g/mol. The van der Waals surface area contributed by atoms with E-state index in [-0.39, 0.29) is 0 Å². The molecule has 1 heterocycles. The average Bonchev–Trinajstić information content (AvgIpc) is 2.92. The van der Waals surface area contributed by atoms with Gasteiger partial charge in [0, 0.05) is 0 Å². The standard InChI is InChI=1S/C16H21N3O3S/c1-4-8-15-14(16(20)18-23(21,22)12(2)3)11-17-19(15)13-9-6-5-7-10-13/h5-7,9-12H,4,8H2,1-3H3,(H,18,20). The van der Waals surface area contributed by atoms with E-state index in [2.05, 4.69) is 9.82 Å². The molecule has 2 aromatic rings. The van der Waals surface area contributed by atoms with Gasteiger partial charge in [0.1, 0.15) is 0 Å². The summed E-state index contributed by atoms with van der Waals surface area (Å²) >= 11 is 0. The van der Waals surface area contributed by atoms with Crippen LogP contribution in [0, 0.1) is 0 Å². The SMILES string of the molecule is CCCc1c(C(=O)NS(=O)(=O)C(C)C)cnn1-c1ccccc1. The number of aromatic nitrogens is 2. The Morgan fingerprint density at radius 3 is 2.48 bits per heavy atom. The fraction of sp³-hybridized carbons (Fsp3) is 0.375. The summed E-state index contributed by atoms with van der Waals surface area (Å²) in [6, 6.07) is 9.44. The number of hydrogen-bond acceptors (Lipinski definition) is 4. The Balaban J connectivity index is 2.40. The van der Waals surface area contributed by atoms with E-state index in [0.29, 0.717) is 17.7 Å². The van der Waals surface area contributed by atoms with Crippen LogP contribution < -0.4 is 4.72 Å². The van der Waals surface area contributed by atoms with Crippen LogP contribution in [0.1, 0.15) is 43.2 Å². The number of para-hydroxylation sites is 1. The molecule has 1 aromatic carbocycles. The van der Waals surface area contributed by atoms with Gasteiger partial charge in [0.15, 0.2) is 0 Å². The Labute approximate surface area is 136 Å². The van der Waals surface area contributed by atoms with Gasteiger partial charge in [-0.3, -0.25) is 4.79 Å². The number of carbonyl (C=O) groups is 1. The van der Waals surface area contributed by atoms with Crippen LogP contribution in [0.25, 0.3) is 5.69 Å². The minimum Gasteiger partial charge on any atom is -0.268 e. The van der Waals surface area contributed by atoms with Gasteiger partial charge in [-0.25, -0.2) is 17.8 Å². The van der Waals surface area contributed by atoms with Crippen LogP contribution in [0.4, 0.5) is 0 Å². The van der Waals surface area contributed by atoms with Crippen LogP contribution in [0.5, 0.6) is 0 Å². The fourth-order valence-corrected chi connectivity index (χ4v) is 2.74. The molecule has 7 heteroatoms. The van der Waals surface area contributed by atoms with Crippen LogP contribution in [-0.4, -0.2) is 29.4 Å². The molecule has 23 heavy (non-hydrogen) atoms. The van der Waals surface area contributed by atoms with Crippen molar-refractivity contribution >= 4 is 15.9 Å². The molecule has 1 aromatic heterocycles. The number of rotatable bonds is 6. The number of benzene rings is 1. The molecule has 0 aliphatic carbocycles. The van der Waals surface area contributed by atoms with Crippen molar-refractivity contribution in [2.45, 2.75) is 38.9 Å². The minimum absolute atomic E-state index is 0.292. The summed E-state index contributed by atoms with van der Waals surface area (Å²) in [4.78, 5) is 12.4. The number of sulfonamides is 1. The average molecular weight is 335 g/mol. The first-order valence-corrected chi connectivity index (χ1v) is 9.09. The highest BCUT2D eigenvalue weighted by atomic mass is 32.2. The van der Waals surface area contributed by atoms with Crippen molar-refractivity contribution in [3.05, 3.63) is 47.8 Å². The number of hydrogen-bond donors (Lipinski definition) is 1. The largest absolute Gasteiger partial charge is 0.268 e. The zero-order chi connectivity index (χ0) is 17.0. The normalized spacial score (nSPS) is 11.7. The summed E-state index contributed by atoms with van der Waals surface area (Å²) in [6.07, 6.45) is 2.86. The molecule has 0 saturated carbocycles. The Morgan fingerprint density at radius 1 is 1.26 bits per heavy atom. The van der Waals surface area contributed by atoms with E-state index in [9.17, 15) is 13.2 Å². The number of amides is 1. The maximum atomic E-state index is 12.4. The van der Waals surface area contributed by atoms with Gasteiger partial charge in [0.05, 0.1) is 28.4 Å². The Bertz CT molecular complexity index is 780. The van der Waals surface area contributed by atoms with Gasteiger partial charge >= 0.3 is 0 Å². The van der Waals surface area contributed by atoms with Crippen LogP contribution in [0.2, 0.25) is 0 Å². The molecule has 0 bridgehead atoms.